The van der Waals surface area contributed by atoms with E-state index in [2.05, 4.69) is 0 Å². The van der Waals surface area contributed by atoms with Crippen LogP contribution in [-0.4, -0.2) is 37.0 Å². The van der Waals surface area contributed by atoms with Gasteiger partial charge in [-0.05, 0) is 43.4 Å². The summed E-state index contributed by atoms with van der Waals surface area (Å²) in [6, 6.07) is 6.99. The topological polar surface area (TPSA) is 83.6 Å². The highest BCUT2D eigenvalue weighted by Crippen LogP contribution is 2.26. The fourth-order valence-corrected chi connectivity index (χ4v) is 4.55. The number of rotatable bonds is 6. The van der Waals surface area contributed by atoms with Crippen molar-refractivity contribution in [3.05, 3.63) is 29.8 Å². The van der Waals surface area contributed by atoms with Crippen LogP contribution in [0.25, 0.3) is 0 Å². The Morgan fingerprint density at radius 3 is 2.65 bits per heavy atom. The second-order valence-electron chi connectivity index (χ2n) is 5.27. The Morgan fingerprint density at radius 2 is 2.00 bits per heavy atom. The predicted octanol–water partition coefficient (Wildman–Crippen LogP) is 1.34. The van der Waals surface area contributed by atoms with Gasteiger partial charge in [-0.25, -0.2) is 8.42 Å². The molecule has 1 aliphatic rings. The summed E-state index contributed by atoms with van der Waals surface area (Å²) in [5, 5.41) is 8.90. The molecule has 6 heteroatoms. The lowest BCUT2D eigenvalue weighted by molar-refractivity contribution is 0.264. The number of benzene rings is 1. The molecule has 0 bridgehead atoms. The number of anilines is 1. The number of nitrogen functional groups attached to an aromatic ring is 1. The number of hydrogen-bond donors (Lipinski definition) is 2. The van der Waals surface area contributed by atoms with Gasteiger partial charge in [0.1, 0.15) is 0 Å². The number of aliphatic hydroxyl groups excluding tert-OH is 1. The Balaban J connectivity index is 2.07. The minimum atomic E-state index is -3.29. The van der Waals surface area contributed by atoms with E-state index in [0.29, 0.717) is 18.7 Å². The van der Waals surface area contributed by atoms with E-state index >= 15 is 0 Å². The molecule has 1 atom stereocenters. The first-order chi connectivity index (χ1) is 9.53. The molecule has 3 N–H and O–H groups in total. The fraction of sp³-hybridized carbons (Fsp3) is 0.571. The van der Waals surface area contributed by atoms with Gasteiger partial charge >= 0.3 is 0 Å². The Kier molecular flexibility index (Phi) is 5.01. The van der Waals surface area contributed by atoms with E-state index in [0.717, 1.165) is 24.8 Å². The summed E-state index contributed by atoms with van der Waals surface area (Å²) >= 11 is 0. The molecule has 1 aromatic rings. The van der Waals surface area contributed by atoms with E-state index in [9.17, 15) is 8.42 Å². The summed E-state index contributed by atoms with van der Waals surface area (Å²) in [5.41, 5.74) is 6.99. The summed E-state index contributed by atoms with van der Waals surface area (Å²) in [5.74, 6) is 0.0168. The van der Waals surface area contributed by atoms with Crippen molar-refractivity contribution in [1.82, 2.24) is 4.31 Å². The molecule has 1 heterocycles. The SMILES string of the molecule is Nc1ccc(CS(=O)(=O)N2CCCC2CCCO)cc1. The van der Waals surface area contributed by atoms with Gasteiger partial charge in [-0.2, -0.15) is 4.31 Å². The molecular weight excluding hydrogens is 276 g/mol. The van der Waals surface area contributed by atoms with Crippen LogP contribution in [0.3, 0.4) is 0 Å². The molecule has 0 aromatic heterocycles. The first kappa shape index (κ1) is 15.3. The van der Waals surface area contributed by atoms with E-state index in [-0.39, 0.29) is 18.4 Å². The summed E-state index contributed by atoms with van der Waals surface area (Å²) in [7, 11) is -3.29. The quantitative estimate of drug-likeness (QED) is 0.776. The highest BCUT2D eigenvalue weighted by molar-refractivity contribution is 7.88. The van der Waals surface area contributed by atoms with Crippen LogP contribution in [0.2, 0.25) is 0 Å². The molecule has 0 radical (unpaired) electrons. The molecule has 1 saturated heterocycles. The van der Waals surface area contributed by atoms with Crippen LogP contribution in [0, 0.1) is 0 Å². The van der Waals surface area contributed by atoms with Gasteiger partial charge in [0.2, 0.25) is 10.0 Å². The molecular formula is C14H22N2O3S. The highest BCUT2D eigenvalue weighted by Gasteiger charge is 2.33. The van der Waals surface area contributed by atoms with E-state index in [1.165, 1.54) is 0 Å². The van der Waals surface area contributed by atoms with Crippen LogP contribution in [0.4, 0.5) is 5.69 Å². The summed E-state index contributed by atoms with van der Waals surface area (Å²) < 4.78 is 26.6. The molecule has 20 heavy (non-hydrogen) atoms. The van der Waals surface area contributed by atoms with Crippen molar-refractivity contribution in [2.24, 2.45) is 0 Å². The van der Waals surface area contributed by atoms with Crippen molar-refractivity contribution >= 4 is 15.7 Å². The van der Waals surface area contributed by atoms with Gasteiger partial charge in [0, 0.05) is 24.9 Å². The Hall–Kier alpha value is -1.11. The Labute approximate surface area is 120 Å². The lowest BCUT2D eigenvalue weighted by atomic mass is 10.1. The second kappa shape index (κ2) is 6.56. The van der Waals surface area contributed by atoms with Crippen LogP contribution in [0.5, 0.6) is 0 Å². The maximum absolute atomic E-state index is 12.5. The smallest absolute Gasteiger partial charge is 0.218 e. The van der Waals surface area contributed by atoms with E-state index in [1.54, 1.807) is 28.6 Å². The molecule has 0 saturated carbocycles. The van der Waals surface area contributed by atoms with Crippen molar-refractivity contribution in [3.63, 3.8) is 0 Å². The first-order valence-electron chi connectivity index (χ1n) is 6.98. The minimum absolute atomic E-state index is 0.0168. The van der Waals surface area contributed by atoms with Gasteiger partial charge in [0.05, 0.1) is 5.75 Å². The molecule has 0 spiro atoms. The average Bonchev–Trinajstić information content (AvgIpc) is 2.88. The molecule has 2 rings (SSSR count). The number of nitrogens with zero attached hydrogens (tertiary/aromatic N) is 1. The average molecular weight is 298 g/mol. The van der Waals surface area contributed by atoms with E-state index < -0.39 is 10.0 Å². The van der Waals surface area contributed by atoms with Crippen LogP contribution >= 0.6 is 0 Å². The van der Waals surface area contributed by atoms with Gasteiger partial charge in [0.25, 0.3) is 0 Å². The second-order valence-corrected chi connectivity index (χ2v) is 7.19. The number of sulfonamides is 1. The van der Waals surface area contributed by atoms with Gasteiger partial charge in [0.15, 0.2) is 0 Å². The third-order valence-electron chi connectivity index (χ3n) is 3.70. The van der Waals surface area contributed by atoms with Crippen molar-refractivity contribution in [2.45, 2.75) is 37.5 Å². The molecule has 112 valence electrons. The van der Waals surface area contributed by atoms with Crippen LogP contribution in [-0.2, 0) is 15.8 Å². The maximum Gasteiger partial charge on any atom is 0.218 e. The Bertz CT molecular complexity index is 528. The third-order valence-corrected chi connectivity index (χ3v) is 5.60. The normalized spacial score (nSPS) is 20.4. The molecule has 5 nitrogen and oxygen atoms in total. The van der Waals surface area contributed by atoms with Gasteiger partial charge in [-0.1, -0.05) is 12.1 Å². The monoisotopic (exact) mass is 298 g/mol. The highest BCUT2D eigenvalue weighted by atomic mass is 32.2. The lowest BCUT2D eigenvalue weighted by Crippen LogP contribution is -2.36. The van der Waals surface area contributed by atoms with Crippen LogP contribution in [0.1, 0.15) is 31.2 Å². The first-order valence-corrected chi connectivity index (χ1v) is 8.58. The summed E-state index contributed by atoms with van der Waals surface area (Å²) in [6.45, 7) is 0.704. The van der Waals surface area contributed by atoms with Gasteiger partial charge in [-0.3, -0.25) is 0 Å². The molecule has 0 aliphatic carbocycles. The fourth-order valence-electron chi connectivity index (χ4n) is 2.70. The molecule has 0 amide bonds. The summed E-state index contributed by atoms with van der Waals surface area (Å²) in [4.78, 5) is 0. The van der Waals surface area contributed by atoms with Crippen molar-refractivity contribution in [3.8, 4) is 0 Å². The number of hydrogen-bond acceptors (Lipinski definition) is 4. The standard InChI is InChI=1S/C14H22N2O3S/c15-13-7-5-12(6-8-13)11-20(18,19)16-9-1-3-14(16)4-2-10-17/h5-8,14,17H,1-4,9-11,15H2. The van der Waals surface area contributed by atoms with Crippen LogP contribution < -0.4 is 5.73 Å². The molecule has 1 fully saturated rings. The molecule has 1 aromatic carbocycles. The number of nitrogens with two attached hydrogens (primary N) is 1. The largest absolute Gasteiger partial charge is 0.399 e. The van der Waals surface area contributed by atoms with E-state index in [4.69, 9.17) is 10.8 Å². The van der Waals surface area contributed by atoms with Crippen molar-refractivity contribution < 1.29 is 13.5 Å². The molecule has 1 aliphatic heterocycles. The maximum atomic E-state index is 12.5. The van der Waals surface area contributed by atoms with Gasteiger partial charge in [-0.15, -0.1) is 0 Å². The summed E-state index contributed by atoms with van der Waals surface area (Å²) in [6.07, 6.45) is 3.17. The van der Waals surface area contributed by atoms with Crippen LogP contribution in [0.15, 0.2) is 24.3 Å². The third kappa shape index (κ3) is 3.71. The Morgan fingerprint density at radius 1 is 1.30 bits per heavy atom. The number of aliphatic hydroxyl groups is 1. The van der Waals surface area contributed by atoms with Crippen molar-refractivity contribution in [1.29, 1.82) is 0 Å². The lowest BCUT2D eigenvalue weighted by Gasteiger charge is -2.24. The van der Waals surface area contributed by atoms with Gasteiger partial charge < -0.3 is 10.8 Å². The predicted molar refractivity (Wildman–Crippen MR) is 79.5 cm³/mol. The zero-order valence-electron chi connectivity index (χ0n) is 11.5. The zero-order chi connectivity index (χ0) is 14.6. The minimum Gasteiger partial charge on any atom is -0.399 e. The van der Waals surface area contributed by atoms with E-state index in [1.807, 2.05) is 0 Å². The molecule has 1 unspecified atom stereocenters. The zero-order valence-corrected chi connectivity index (χ0v) is 12.3. The van der Waals surface area contributed by atoms with Crippen molar-refractivity contribution in [2.75, 3.05) is 18.9 Å².